The molecule has 2 nitrogen and oxygen atoms in total. The predicted octanol–water partition coefficient (Wildman–Crippen LogP) is 3.19. The number of aromatic nitrogens is 2. The van der Waals surface area contributed by atoms with Gasteiger partial charge in [0.15, 0.2) is 0 Å². The molecule has 1 aromatic heterocycles. The average molecular weight is 255 g/mol. The summed E-state index contributed by atoms with van der Waals surface area (Å²) in [6.07, 6.45) is 1.48. The van der Waals surface area contributed by atoms with Gasteiger partial charge in [-0.15, -0.1) is 23.2 Å². The van der Waals surface area contributed by atoms with Crippen molar-refractivity contribution in [3.8, 4) is 0 Å². The molecular formula is C12H12Cl2N2. The van der Waals surface area contributed by atoms with Gasteiger partial charge >= 0.3 is 0 Å². The van der Waals surface area contributed by atoms with Gasteiger partial charge in [0.05, 0.1) is 22.4 Å². The maximum absolute atomic E-state index is 5.76. The summed E-state index contributed by atoms with van der Waals surface area (Å²) in [5.41, 5.74) is 3.77. The fourth-order valence-electron chi connectivity index (χ4n) is 1.65. The molecule has 1 heterocycles. The number of rotatable bonds is 4. The van der Waals surface area contributed by atoms with Crippen molar-refractivity contribution in [1.29, 1.82) is 0 Å². The van der Waals surface area contributed by atoms with E-state index in [-0.39, 0.29) is 0 Å². The minimum absolute atomic E-state index is 0.558. The van der Waals surface area contributed by atoms with Gasteiger partial charge in [0.25, 0.3) is 0 Å². The van der Waals surface area contributed by atoms with Gasteiger partial charge in [0.1, 0.15) is 0 Å². The molecule has 16 heavy (non-hydrogen) atoms. The molecule has 0 spiro atoms. The van der Waals surface area contributed by atoms with E-state index in [1.807, 2.05) is 24.3 Å². The molecule has 0 aliphatic carbocycles. The summed E-state index contributed by atoms with van der Waals surface area (Å²) in [7, 11) is 0. The Morgan fingerprint density at radius 3 is 1.62 bits per heavy atom. The zero-order valence-corrected chi connectivity index (χ0v) is 10.3. The number of halogens is 2. The standard InChI is InChI=1S/C12H12Cl2N2/c13-7-5-11-12(6-8-14)16-10-4-2-1-3-9(10)15-11/h1-4H,5-8H2. The molecule has 0 bridgehead atoms. The van der Waals surface area contributed by atoms with Gasteiger partial charge < -0.3 is 0 Å². The van der Waals surface area contributed by atoms with Crippen LogP contribution in [0.5, 0.6) is 0 Å². The van der Waals surface area contributed by atoms with E-state index in [0.717, 1.165) is 35.3 Å². The smallest absolute Gasteiger partial charge is 0.0890 e. The third-order valence-electron chi connectivity index (χ3n) is 2.39. The summed E-state index contributed by atoms with van der Waals surface area (Å²) < 4.78 is 0. The second-order valence-electron chi connectivity index (χ2n) is 3.48. The SMILES string of the molecule is ClCCc1nc2ccccc2nc1CCCl. The molecular weight excluding hydrogens is 243 g/mol. The second-order valence-corrected chi connectivity index (χ2v) is 4.24. The first-order chi connectivity index (χ1) is 7.85. The molecule has 0 aliphatic rings. The van der Waals surface area contributed by atoms with Crippen LogP contribution in [0.4, 0.5) is 0 Å². The summed E-state index contributed by atoms with van der Waals surface area (Å²) in [5.74, 6) is 1.12. The largest absolute Gasteiger partial charge is 0.249 e. The van der Waals surface area contributed by atoms with Crippen molar-refractivity contribution in [2.24, 2.45) is 0 Å². The van der Waals surface area contributed by atoms with Crippen molar-refractivity contribution < 1.29 is 0 Å². The van der Waals surface area contributed by atoms with Gasteiger partial charge in [0, 0.05) is 24.6 Å². The number of para-hydroxylation sites is 2. The Morgan fingerprint density at radius 1 is 0.812 bits per heavy atom. The Balaban J connectivity index is 2.51. The fourth-order valence-corrected chi connectivity index (χ4v) is 2.01. The van der Waals surface area contributed by atoms with Crippen LogP contribution in [-0.2, 0) is 12.8 Å². The van der Waals surface area contributed by atoms with Gasteiger partial charge in [-0.3, -0.25) is 0 Å². The number of benzene rings is 1. The fraction of sp³-hybridized carbons (Fsp3) is 0.333. The third kappa shape index (κ3) is 2.45. The highest BCUT2D eigenvalue weighted by Gasteiger charge is 2.07. The van der Waals surface area contributed by atoms with Crippen LogP contribution in [0.15, 0.2) is 24.3 Å². The van der Waals surface area contributed by atoms with Gasteiger partial charge in [-0.1, -0.05) is 12.1 Å². The van der Waals surface area contributed by atoms with Crippen LogP contribution in [0.1, 0.15) is 11.4 Å². The van der Waals surface area contributed by atoms with Crippen molar-refractivity contribution in [2.75, 3.05) is 11.8 Å². The van der Waals surface area contributed by atoms with Crippen molar-refractivity contribution in [2.45, 2.75) is 12.8 Å². The lowest BCUT2D eigenvalue weighted by atomic mass is 10.2. The molecule has 4 heteroatoms. The van der Waals surface area contributed by atoms with E-state index in [4.69, 9.17) is 23.2 Å². The Labute approximate surface area is 105 Å². The van der Waals surface area contributed by atoms with E-state index < -0.39 is 0 Å². The summed E-state index contributed by atoms with van der Waals surface area (Å²) in [5, 5.41) is 0. The number of aryl methyl sites for hydroxylation is 2. The summed E-state index contributed by atoms with van der Waals surface area (Å²) in [6.45, 7) is 0. The molecule has 0 amide bonds. The third-order valence-corrected chi connectivity index (χ3v) is 2.77. The molecule has 0 unspecified atom stereocenters. The quantitative estimate of drug-likeness (QED) is 0.784. The average Bonchev–Trinajstić information content (AvgIpc) is 2.30. The zero-order chi connectivity index (χ0) is 11.4. The minimum atomic E-state index is 0.558. The second kappa shape index (κ2) is 5.46. The Morgan fingerprint density at radius 2 is 1.25 bits per heavy atom. The zero-order valence-electron chi connectivity index (χ0n) is 8.79. The lowest BCUT2D eigenvalue weighted by Gasteiger charge is -2.07. The van der Waals surface area contributed by atoms with Crippen LogP contribution in [0.3, 0.4) is 0 Å². The molecule has 2 rings (SSSR count). The molecule has 0 saturated heterocycles. The van der Waals surface area contributed by atoms with Crippen LogP contribution >= 0.6 is 23.2 Å². The highest BCUT2D eigenvalue weighted by atomic mass is 35.5. The first kappa shape index (κ1) is 11.6. The highest BCUT2D eigenvalue weighted by Crippen LogP contribution is 2.14. The van der Waals surface area contributed by atoms with E-state index in [0.29, 0.717) is 11.8 Å². The predicted molar refractivity (Wildman–Crippen MR) is 68.4 cm³/mol. The van der Waals surface area contributed by atoms with E-state index in [2.05, 4.69) is 9.97 Å². The van der Waals surface area contributed by atoms with Gasteiger partial charge in [-0.25, -0.2) is 9.97 Å². The van der Waals surface area contributed by atoms with E-state index in [1.165, 1.54) is 0 Å². The molecule has 0 N–H and O–H groups in total. The minimum Gasteiger partial charge on any atom is -0.249 e. The number of hydrogen-bond acceptors (Lipinski definition) is 2. The van der Waals surface area contributed by atoms with Gasteiger partial charge in [-0.2, -0.15) is 0 Å². The molecule has 2 aromatic rings. The first-order valence-corrected chi connectivity index (χ1v) is 6.28. The van der Waals surface area contributed by atoms with Crippen LogP contribution in [-0.4, -0.2) is 21.7 Å². The monoisotopic (exact) mass is 254 g/mol. The summed E-state index contributed by atoms with van der Waals surface area (Å²) in [6, 6.07) is 7.85. The van der Waals surface area contributed by atoms with Crippen molar-refractivity contribution >= 4 is 34.2 Å². The maximum atomic E-state index is 5.76. The van der Waals surface area contributed by atoms with Crippen molar-refractivity contribution in [3.05, 3.63) is 35.7 Å². The molecule has 1 aromatic carbocycles. The Bertz CT molecular complexity index is 441. The van der Waals surface area contributed by atoms with Crippen LogP contribution in [0, 0.1) is 0 Å². The lowest BCUT2D eigenvalue weighted by Crippen LogP contribution is -2.04. The number of alkyl halides is 2. The molecule has 0 saturated carbocycles. The highest BCUT2D eigenvalue weighted by molar-refractivity contribution is 6.18. The Hall–Kier alpha value is -0.860. The van der Waals surface area contributed by atoms with Gasteiger partial charge in [-0.05, 0) is 12.1 Å². The van der Waals surface area contributed by atoms with Crippen LogP contribution < -0.4 is 0 Å². The lowest BCUT2D eigenvalue weighted by molar-refractivity contribution is 0.936. The van der Waals surface area contributed by atoms with E-state index in [1.54, 1.807) is 0 Å². The number of nitrogens with zero attached hydrogens (tertiary/aromatic N) is 2. The van der Waals surface area contributed by atoms with Crippen LogP contribution in [0.25, 0.3) is 11.0 Å². The number of fused-ring (bicyclic) bond motifs is 1. The topological polar surface area (TPSA) is 25.8 Å². The Kier molecular flexibility index (Phi) is 3.97. The van der Waals surface area contributed by atoms with E-state index in [9.17, 15) is 0 Å². The molecule has 84 valence electrons. The first-order valence-electron chi connectivity index (χ1n) is 5.21. The number of hydrogen-bond donors (Lipinski definition) is 0. The maximum Gasteiger partial charge on any atom is 0.0890 e. The summed E-state index contributed by atoms with van der Waals surface area (Å²) in [4.78, 5) is 9.16. The van der Waals surface area contributed by atoms with Gasteiger partial charge in [0.2, 0.25) is 0 Å². The van der Waals surface area contributed by atoms with Crippen molar-refractivity contribution in [1.82, 2.24) is 9.97 Å². The molecule has 0 fully saturated rings. The molecule has 0 atom stereocenters. The molecule has 0 radical (unpaired) electrons. The normalized spacial score (nSPS) is 10.9. The van der Waals surface area contributed by atoms with Crippen LogP contribution in [0.2, 0.25) is 0 Å². The summed E-state index contributed by atoms with van der Waals surface area (Å²) >= 11 is 11.5. The van der Waals surface area contributed by atoms with Crippen molar-refractivity contribution in [3.63, 3.8) is 0 Å². The molecule has 0 aliphatic heterocycles. The van der Waals surface area contributed by atoms with E-state index >= 15 is 0 Å².